The highest BCUT2D eigenvalue weighted by atomic mass is 32.2. The molecular weight excluding hydrogens is 208 g/mol. The maximum absolute atomic E-state index is 2.21. The number of hydrogen-bond donors (Lipinski definition) is 0. The van der Waals surface area contributed by atoms with Gasteiger partial charge in [-0.3, -0.25) is 0 Å². The first-order valence-corrected chi connectivity index (χ1v) is 6.21. The van der Waals surface area contributed by atoms with Gasteiger partial charge in [0.15, 0.2) is 0 Å². The monoisotopic (exact) mass is 216 g/mol. The molecule has 0 fully saturated rings. The lowest BCUT2D eigenvalue weighted by atomic mass is 10.1. The first-order valence-electron chi connectivity index (χ1n) is 4.45. The summed E-state index contributed by atoms with van der Waals surface area (Å²) < 4.78 is 1.37. The Morgan fingerprint density at radius 3 is 3.00 bits per heavy atom. The molecule has 0 amide bonds. The molecule has 0 aliphatic carbocycles. The minimum Gasteiger partial charge on any atom is -0.144 e. The molecule has 14 heavy (non-hydrogen) atoms. The summed E-state index contributed by atoms with van der Waals surface area (Å²) in [6.07, 6.45) is 6.35. The van der Waals surface area contributed by atoms with Gasteiger partial charge in [0.05, 0.1) is 0 Å². The number of thioether (sulfide) groups is 1. The summed E-state index contributed by atoms with van der Waals surface area (Å²) in [4.78, 5) is 1.38. The third-order valence-electron chi connectivity index (χ3n) is 2.27. The predicted molar refractivity (Wildman–Crippen MR) is 65.9 cm³/mol. The molecule has 0 radical (unpaired) electrons. The molecule has 0 unspecified atom stereocenters. The third kappa shape index (κ3) is 1.22. The van der Waals surface area contributed by atoms with Gasteiger partial charge in [-0.05, 0) is 28.5 Å². The van der Waals surface area contributed by atoms with Gasteiger partial charge in [0.1, 0.15) is 0 Å². The van der Waals surface area contributed by atoms with E-state index in [-0.39, 0.29) is 0 Å². The molecule has 2 aromatic rings. The second-order valence-corrected chi connectivity index (χ2v) is 4.99. The van der Waals surface area contributed by atoms with E-state index in [2.05, 4.69) is 47.2 Å². The average Bonchev–Trinajstić information content (AvgIpc) is 2.55. The fraction of sp³-hybridized carbons (Fsp3) is 0. The summed E-state index contributed by atoms with van der Waals surface area (Å²) in [5.74, 6) is 0. The number of fused-ring (bicyclic) bond motifs is 3. The summed E-state index contributed by atoms with van der Waals surface area (Å²) in [6, 6.07) is 6.61. The Hall–Kier alpha value is -0.990. The van der Waals surface area contributed by atoms with Gasteiger partial charge in [0.2, 0.25) is 0 Å². The zero-order chi connectivity index (χ0) is 9.38. The molecule has 2 heterocycles. The lowest BCUT2D eigenvalue weighted by Gasteiger charge is -2.03. The minimum atomic E-state index is 1.32. The molecular formula is C12H8S2. The van der Waals surface area contributed by atoms with Crippen LogP contribution in [0.25, 0.3) is 16.2 Å². The van der Waals surface area contributed by atoms with Gasteiger partial charge < -0.3 is 0 Å². The SMILES string of the molecule is C1=CSc2c(ccc3sccc23)C=C1. The molecule has 1 aromatic heterocycles. The van der Waals surface area contributed by atoms with Crippen LogP contribution in [0.5, 0.6) is 0 Å². The second-order valence-electron chi connectivity index (χ2n) is 3.12. The summed E-state index contributed by atoms with van der Waals surface area (Å²) in [5.41, 5.74) is 1.32. The molecule has 1 aliphatic rings. The van der Waals surface area contributed by atoms with E-state index in [4.69, 9.17) is 0 Å². The van der Waals surface area contributed by atoms with Crippen LogP contribution >= 0.6 is 23.1 Å². The van der Waals surface area contributed by atoms with Crippen molar-refractivity contribution in [2.75, 3.05) is 0 Å². The third-order valence-corrected chi connectivity index (χ3v) is 4.13. The summed E-state index contributed by atoms with van der Waals surface area (Å²) in [7, 11) is 0. The molecule has 2 heteroatoms. The number of thiophene rings is 1. The van der Waals surface area contributed by atoms with Gasteiger partial charge in [-0.15, -0.1) is 11.3 Å². The van der Waals surface area contributed by atoms with Crippen LogP contribution in [-0.4, -0.2) is 0 Å². The molecule has 0 saturated carbocycles. The smallest absolute Gasteiger partial charge is 0.0354 e. The van der Waals surface area contributed by atoms with E-state index in [0.29, 0.717) is 0 Å². The van der Waals surface area contributed by atoms with Crippen LogP contribution in [0.4, 0.5) is 0 Å². The Kier molecular flexibility index (Phi) is 1.96. The summed E-state index contributed by atoms with van der Waals surface area (Å²) in [5, 5.41) is 5.68. The number of benzene rings is 1. The van der Waals surface area contributed by atoms with Gasteiger partial charge in [0.25, 0.3) is 0 Å². The lowest BCUT2D eigenvalue weighted by Crippen LogP contribution is -1.77. The Balaban J connectivity index is 2.38. The molecule has 0 N–H and O–H groups in total. The second kappa shape index (κ2) is 3.30. The molecule has 3 rings (SSSR count). The van der Waals surface area contributed by atoms with Crippen molar-refractivity contribution in [1.82, 2.24) is 0 Å². The first kappa shape index (κ1) is 8.33. The zero-order valence-corrected chi connectivity index (χ0v) is 9.07. The Morgan fingerprint density at radius 2 is 2.00 bits per heavy atom. The fourth-order valence-electron chi connectivity index (χ4n) is 1.61. The maximum Gasteiger partial charge on any atom is 0.0354 e. The predicted octanol–water partition coefficient (Wildman–Crippen LogP) is 4.53. The van der Waals surface area contributed by atoms with E-state index in [0.717, 1.165) is 0 Å². The summed E-state index contributed by atoms with van der Waals surface area (Å²) >= 11 is 3.61. The molecule has 68 valence electrons. The number of hydrogen-bond acceptors (Lipinski definition) is 2. The van der Waals surface area contributed by atoms with Crippen LogP contribution in [0.2, 0.25) is 0 Å². The van der Waals surface area contributed by atoms with Crippen LogP contribution in [0.1, 0.15) is 5.56 Å². The van der Waals surface area contributed by atoms with Crippen LogP contribution in [-0.2, 0) is 0 Å². The van der Waals surface area contributed by atoms with E-state index < -0.39 is 0 Å². The van der Waals surface area contributed by atoms with E-state index in [9.17, 15) is 0 Å². The molecule has 0 atom stereocenters. The quantitative estimate of drug-likeness (QED) is 0.623. The van der Waals surface area contributed by atoms with Gasteiger partial charge in [-0.25, -0.2) is 0 Å². The van der Waals surface area contributed by atoms with Crippen molar-refractivity contribution in [1.29, 1.82) is 0 Å². The maximum atomic E-state index is 2.21. The van der Waals surface area contributed by atoms with E-state index in [1.165, 1.54) is 20.5 Å². The molecule has 0 saturated heterocycles. The molecule has 0 spiro atoms. The van der Waals surface area contributed by atoms with E-state index in [1.54, 1.807) is 11.3 Å². The largest absolute Gasteiger partial charge is 0.144 e. The summed E-state index contributed by atoms with van der Waals surface area (Å²) in [6.45, 7) is 0. The number of rotatable bonds is 0. The van der Waals surface area contributed by atoms with Crippen molar-refractivity contribution in [3.05, 3.63) is 46.7 Å². The highest BCUT2D eigenvalue weighted by molar-refractivity contribution is 8.02. The molecule has 1 aliphatic heterocycles. The van der Waals surface area contributed by atoms with E-state index >= 15 is 0 Å². The van der Waals surface area contributed by atoms with Crippen molar-refractivity contribution < 1.29 is 0 Å². The molecule has 1 aromatic carbocycles. The molecule has 0 nitrogen and oxygen atoms in total. The van der Waals surface area contributed by atoms with Crippen LogP contribution in [0, 0.1) is 0 Å². The standard InChI is InChI=1S/C12H8S2/c1-2-7-14-12-9(3-1)4-5-11-10(12)6-8-13-11/h1-8H. The highest BCUT2D eigenvalue weighted by Crippen LogP contribution is 2.36. The highest BCUT2D eigenvalue weighted by Gasteiger charge is 2.07. The van der Waals surface area contributed by atoms with Crippen molar-refractivity contribution in [3.8, 4) is 0 Å². The Bertz CT molecular complexity index is 532. The fourth-order valence-corrected chi connectivity index (χ4v) is 3.35. The van der Waals surface area contributed by atoms with Crippen molar-refractivity contribution >= 4 is 39.3 Å². The topological polar surface area (TPSA) is 0 Å². The van der Waals surface area contributed by atoms with Crippen molar-refractivity contribution in [2.45, 2.75) is 4.90 Å². The van der Waals surface area contributed by atoms with Crippen LogP contribution in [0.15, 0.2) is 46.0 Å². The van der Waals surface area contributed by atoms with Crippen LogP contribution in [0.3, 0.4) is 0 Å². The Morgan fingerprint density at radius 1 is 1.00 bits per heavy atom. The average molecular weight is 216 g/mol. The number of allylic oxidation sites excluding steroid dienone is 2. The van der Waals surface area contributed by atoms with E-state index in [1.807, 2.05) is 11.8 Å². The first-order chi connectivity index (χ1) is 6.95. The van der Waals surface area contributed by atoms with Crippen molar-refractivity contribution in [3.63, 3.8) is 0 Å². The lowest BCUT2D eigenvalue weighted by molar-refractivity contribution is 1.53. The minimum absolute atomic E-state index is 1.32. The normalized spacial score (nSPS) is 14.3. The zero-order valence-electron chi connectivity index (χ0n) is 7.44. The van der Waals surface area contributed by atoms with Gasteiger partial charge >= 0.3 is 0 Å². The van der Waals surface area contributed by atoms with Gasteiger partial charge in [-0.2, -0.15) is 0 Å². The Labute approximate surface area is 91.0 Å². The van der Waals surface area contributed by atoms with Crippen molar-refractivity contribution in [2.24, 2.45) is 0 Å². The molecule has 0 bridgehead atoms. The van der Waals surface area contributed by atoms with Gasteiger partial charge in [0, 0.05) is 15.0 Å². The van der Waals surface area contributed by atoms with Crippen LogP contribution < -0.4 is 0 Å². The van der Waals surface area contributed by atoms with Gasteiger partial charge in [-0.1, -0.05) is 36.1 Å².